The molecule has 0 saturated carbocycles. The van der Waals surface area contributed by atoms with Gasteiger partial charge in [-0.1, -0.05) is 35.5 Å². The number of amides is 1. The van der Waals surface area contributed by atoms with Crippen molar-refractivity contribution in [2.45, 2.75) is 25.6 Å². The van der Waals surface area contributed by atoms with Crippen LogP contribution in [0.25, 0.3) is 0 Å². The summed E-state index contributed by atoms with van der Waals surface area (Å²) in [6, 6.07) is 15.3. The molecule has 0 saturated heterocycles. The fourth-order valence-corrected chi connectivity index (χ4v) is 2.67. The predicted molar refractivity (Wildman–Crippen MR) is 109 cm³/mol. The van der Waals surface area contributed by atoms with Crippen molar-refractivity contribution in [3.05, 3.63) is 59.7 Å². The van der Waals surface area contributed by atoms with Gasteiger partial charge in [-0.05, 0) is 30.7 Å². The Labute approximate surface area is 168 Å². The summed E-state index contributed by atoms with van der Waals surface area (Å²) in [4.78, 5) is 17.2. The van der Waals surface area contributed by atoms with Crippen LogP contribution in [0.2, 0.25) is 0 Å². The zero-order valence-corrected chi connectivity index (χ0v) is 16.3. The van der Waals surface area contributed by atoms with E-state index in [1.165, 1.54) is 0 Å². The standard InChI is InChI=1S/C19H21N3O4.H4N2.H2O/c1-19(18(23)21-20)11-15(22-26-19)14-8-9-16(24-2)17(10-14)25-12-13-6-4-3-5-7-13;1-2;/h3-10H,11-12,20H2,1-2H3,(H,21,23);1-2H2;1H2. The third-order valence-corrected chi connectivity index (χ3v) is 4.21. The minimum atomic E-state index is -1.12. The van der Waals surface area contributed by atoms with Gasteiger partial charge in [0.1, 0.15) is 6.61 Å². The number of nitrogens with zero attached hydrogens (tertiary/aromatic N) is 1. The first kappa shape index (κ1) is 23.9. The maximum Gasteiger partial charge on any atom is 0.281 e. The molecule has 3 rings (SSSR count). The van der Waals surface area contributed by atoms with Crippen molar-refractivity contribution in [1.82, 2.24) is 5.43 Å². The van der Waals surface area contributed by atoms with Crippen molar-refractivity contribution in [3.63, 3.8) is 0 Å². The number of methoxy groups -OCH3 is 1. The Balaban J connectivity index is 0.00000136. The van der Waals surface area contributed by atoms with E-state index in [-0.39, 0.29) is 5.48 Å². The molecule has 1 aliphatic heterocycles. The average molecular weight is 405 g/mol. The van der Waals surface area contributed by atoms with Crippen LogP contribution in [-0.4, -0.2) is 29.8 Å². The topological polar surface area (TPSA) is 179 Å². The van der Waals surface area contributed by atoms with E-state index >= 15 is 0 Å². The first-order valence-corrected chi connectivity index (χ1v) is 8.50. The fourth-order valence-electron chi connectivity index (χ4n) is 2.67. The molecule has 0 aliphatic carbocycles. The molecule has 10 nitrogen and oxygen atoms in total. The lowest BCUT2D eigenvalue weighted by Crippen LogP contribution is -2.47. The molecule has 1 heterocycles. The van der Waals surface area contributed by atoms with Gasteiger partial charge in [0, 0.05) is 12.0 Å². The van der Waals surface area contributed by atoms with Crippen molar-refractivity contribution in [2.75, 3.05) is 7.11 Å². The van der Waals surface area contributed by atoms with Gasteiger partial charge in [-0.3, -0.25) is 21.9 Å². The number of oxime groups is 1. The smallest absolute Gasteiger partial charge is 0.281 e. The fraction of sp³-hybridized carbons (Fsp3) is 0.263. The second-order valence-corrected chi connectivity index (χ2v) is 6.15. The van der Waals surface area contributed by atoms with Gasteiger partial charge in [-0.15, -0.1) is 0 Å². The summed E-state index contributed by atoms with van der Waals surface area (Å²) in [5, 5.41) is 4.05. The third-order valence-electron chi connectivity index (χ3n) is 4.21. The number of carbonyl (C=O) groups is 1. The van der Waals surface area contributed by atoms with Gasteiger partial charge in [-0.2, -0.15) is 0 Å². The monoisotopic (exact) mass is 405 g/mol. The highest BCUT2D eigenvalue weighted by Gasteiger charge is 2.42. The van der Waals surface area contributed by atoms with Gasteiger partial charge in [0.2, 0.25) is 5.60 Å². The van der Waals surface area contributed by atoms with Gasteiger partial charge in [0.05, 0.1) is 12.8 Å². The maximum absolute atomic E-state index is 11.9. The largest absolute Gasteiger partial charge is 0.493 e. The lowest BCUT2D eigenvalue weighted by molar-refractivity contribution is -0.141. The van der Waals surface area contributed by atoms with Crippen molar-refractivity contribution >= 4 is 11.6 Å². The molecule has 10 heteroatoms. The first-order chi connectivity index (χ1) is 13.6. The van der Waals surface area contributed by atoms with Crippen molar-refractivity contribution in [1.29, 1.82) is 0 Å². The molecular formula is C19H27N5O5. The van der Waals surface area contributed by atoms with Gasteiger partial charge in [-0.25, -0.2) is 5.84 Å². The predicted octanol–water partition coefficient (Wildman–Crippen LogP) is 0.141. The summed E-state index contributed by atoms with van der Waals surface area (Å²) >= 11 is 0. The van der Waals surface area contributed by atoms with E-state index in [4.69, 9.17) is 20.2 Å². The third kappa shape index (κ3) is 5.65. The van der Waals surface area contributed by atoms with Crippen LogP contribution in [0.1, 0.15) is 24.5 Å². The molecule has 0 radical (unpaired) electrons. The van der Waals surface area contributed by atoms with E-state index in [0.29, 0.717) is 30.2 Å². The quantitative estimate of drug-likeness (QED) is 0.300. The van der Waals surface area contributed by atoms with Gasteiger partial charge in [0.25, 0.3) is 5.91 Å². The molecule has 0 spiro atoms. The molecule has 1 atom stereocenters. The first-order valence-electron chi connectivity index (χ1n) is 8.50. The molecule has 2 aromatic rings. The number of rotatable bonds is 6. The number of hydrogen-bond acceptors (Lipinski definition) is 8. The molecule has 0 fully saturated rings. The van der Waals surface area contributed by atoms with E-state index in [1.807, 2.05) is 42.5 Å². The lowest BCUT2D eigenvalue weighted by Gasteiger charge is -2.18. The van der Waals surface area contributed by atoms with Crippen LogP contribution in [-0.2, 0) is 16.2 Å². The van der Waals surface area contributed by atoms with Gasteiger partial charge >= 0.3 is 0 Å². The Morgan fingerprint density at radius 3 is 2.52 bits per heavy atom. The molecule has 0 aromatic heterocycles. The molecular weight excluding hydrogens is 378 g/mol. The number of ether oxygens (including phenoxy) is 2. The average Bonchev–Trinajstić information content (AvgIpc) is 3.17. The summed E-state index contributed by atoms with van der Waals surface area (Å²) < 4.78 is 11.3. The Bertz CT molecular complexity index is 831. The highest BCUT2D eigenvalue weighted by atomic mass is 16.7. The van der Waals surface area contributed by atoms with Crippen LogP contribution in [0.5, 0.6) is 11.5 Å². The number of benzene rings is 2. The molecule has 2 aromatic carbocycles. The Morgan fingerprint density at radius 2 is 1.90 bits per heavy atom. The van der Waals surface area contributed by atoms with Crippen molar-refractivity contribution in [3.8, 4) is 11.5 Å². The van der Waals surface area contributed by atoms with Crippen LogP contribution < -0.4 is 32.4 Å². The number of hydrogen-bond donors (Lipinski definition) is 4. The maximum atomic E-state index is 11.9. The zero-order chi connectivity index (χ0) is 20.6. The highest BCUT2D eigenvalue weighted by molar-refractivity contribution is 6.05. The SMILES string of the molecule is COc1ccc(C2=NOC(C)(C(=O)NN)C2)cc1OCc1ccccc1.NN.O. The molecule has 9 N–H and O–H groups in total. The lowest BCUT2D eigenvalue weighted by atomic mass is 9.95. The summed E-state index contributed by atoms with van der Waals surface area (Å²) in [6.45, 7) is 2.05. The number of hydrazine groups is 2. The normalized spacial score (nSPS) is 16.9. The van der Waals surface area contributed by atoms with Crippen LogP contribution in [0.15, 0.2) is 53.7 Å². The zero-order valence-electron chi connectivity index (χ0n) is 16.3. The van der Waals surface area contributed by atoms with Gasteiger partial charge < -0.3 is 19.8 Å². The summed E-state index contributed by atoms with van der Waals surface area (Å²) in [6.07, 6.45) is 0.306. The molecule has 1 aliphatic rings. The molecule has 0 bridgehead atoms. The van der Waals surface area contributed by atoms with Crippen molar-refractivity contribution in [2.24, 2.45) is 22.7 Å². The minimum Gasteiger partial charge on any atom is -0.493 e. The van der Waals surface area contributed by atoms with Crippen LogP contribution in [0.3, 0.4) is 0 Å². The van der Waals surface area contributed by atoms with E-state index in [2.05, 4.69) is 22.3 Å². The Hall–Kier alpha value is -3.18. The van der Waals surface area contributed by atoms with E-state index in [1.54, 1.807) is 20.1 Å². The van der Waals surface area contributed by atoms with E-state index < -0.39 is 11.5 Å². The molecule has 1 unspecified atom stereocenters. The van der Waals surface area contributed by atoms with E-state index in [9.17, 15) is 4.79 Å². The summed E-state index contributed by atoms with van der Waals surface area (Å²) in [7, 11) is 1.59. The summed E-state index contributed by atoms with van der Waals surface area (Å²) in [5.41, 5.74) is 3.48. The van der Waals surface area contributed by atoms with Crippen LogP contribution in [0, 0.1) is 0 Å². The Kier molecular flexibility index (Phi) is 9.03. The molecule has 29 heavy (non-hydrogen) atoms. The minimum absolute atomic E-state index is 0. The second kappa shape index (κ2) is 11.0. The second-order valence-electron chi connectivity index (χ2n) is 6.15. The summed E-state index contributed by atoms with van der Waals surface area (Å²) in [5.74, 6) is 14.0. The van der Waals surface area contributed by atoms with Crippen molar-refractivity contribution < 1.29 is 24.6 Å². The van der Waals surface area contributed by atoms with E-state index in [0.717, 1.165) is 11.1 Å². The number of nitrogens with two attached hydrogens (primary N) is 3. The van der Waals surface area contributed by atoms with Crippen LogP contribution in [0.4, 0.5) is 0 Å². The molecule has 158 valence electrons. The van der Waals surface area contributed by atoms with Crippen LogP contribution >= 0.6 is 0 Å². The molecule has 1 amide bonds. The Morgan fingerprint density at radius 1 is 1.21 bits per heavy atom. The number of nitrogens with one attached hydrogen (secondary N) is 1. The van der Waals surface area contributed by atoms with Gasteiger partial charge in [0.15, 0.2) is 11.5 Å². The number of carbonyl (C=O) groups excluding carboxylic acids is 1. The highest BCUT2D eigenvalue weighted by Crippen LogP contribution is 2.32.